The standard InChI is InChI=1S/C22H20N2O3/c1-26-20-10-6-5-9-17(20)15-24-18-11-12-27-21(18)13-19(24)22(25)23-14-16-7-3-2-4-8-16/h2-13H,14-15H2,1H3,(H,23,25). The van der Waals surface area contributed by atoms with Gasteiger partial charge < -0.3 is 19.0 Å². The van der Waals surface area contributed by atoms with Crippen molar-refractivity contribution >= 4 is 17.0 Å². The summed E-state index contributed by atoms with van der Waals surface area (Å²) < 4.78 is 12.9. The van der Waals surface area contributed by atoms with Crippen LogP contribution < -0.4 is 10.1 Å². The number of benzene rings is 2. The lowest BCUT2D eigenvalue weighted by Crippen LogP contribution is -2.25. The van der Waals surface area contributed by atoms with Gasteiger partial charge in [-0.15, -0.1) is 0 Å². The molecule has 27 heavy (non-hydrogen) atoms. The van der Waals surface area contributed by atoms with Crippen molar-refractivity contribution in [3.63, 3.8) is 0 Å². The maximum atomic E-state index is 12.8. The van der Waals surface area contributed by atoms with Crippen molar-refractivity contribution in [3.8, 4) is 5.75 Å². The van der Waals surface area contributed by atoms with Crippen LogP contribution in [-0.2, 0) is 13.1 Å². The monoisotopic (exact) mass is 360 g/mol. The number of para-hydroxylation sites is 1. The molecule has 0 spiro atoms. The van der Waals surface area contributed by atoms with Gasteiger partial charge in [0.05, 0.1) is 25.4 Å². The van der Waals surface area contributed by atoms with Gasteiger partial charge in [-0.2, -0.15) is 0 Å². The molecule has 1 amide bonds. The average Bonchev–Trinajstić information content (AvgIpc) is 3.30. The lowest BCUT2D eigenvalue weighted by atomic mass is 10.2. The third kappa shape index (κ3) is 3.44. The molecule has 0 saturated carbocycles. The van der Waals surface area contributed by atoms with Crippen molar-refractivity contribution in [1.82, 2.24) is 9.88 Å². The molecule has 4 rings (SSSR count). The molecule has 2 aromatic carbocycles. The van der Waals surface area contributed by atoms with Crippen LogP contribution >= 0.6 is 0 Å². The fourth-order valence-electron chi connectivity index (χ4n) is 3.21. The molecule has 5 nitrogen and oxygen atoms in total. The van der Waals surface area contributed by atoms with Crippen molar-refractivity contribution in [2.75, 3.05) is 7.11 Å². The summed E-state index contributed by atoms with van der Waals surface area (Å²) in [5.41, 5.74) is 4.18. The summed E-state index contributed by atoms with van der Waals surface area (Å²) in [4.78, 5) is 12.8. The molecule has 0 atom stereocenters. The number of hydrogen-bond acceptors (Lipinski definition) is 3. The van der Waals surface area contributed by atoms with Crippen LogP contribution in [0, 0.1) is 0 Å². The fourth-order valence-corrected chi connectivity index (χ4v) is 3.21. The largest absolute Gasteiger partial charge is 0.496 e. The number of carbonyl (C=O) groups excluding carboxylic acids is 1. The molecule has 1 N–H and O–H groups in total. The van der Waals surface area contributed by atoms with Crippen molar-refractivity contribution in [2.45, 2.75) is 13.1 Å². The average molecular weight is 360 g/mol. The van der Waals surface area contributed by atoms with E-state index in [0.717, 1.165) is 22.4 Å². The molecule has 2 heterocycles. The molecule has 0 radical (unpaired) electrons. The minimum Gasteiger partial charge on any atom is -0.496 e. The second-order valence-corrected chi connectivity index (χ2v) is 6.27. The summed E-state index contributed by atoms with van der Waals surface area (Å²) in [6, 6.07) is 21.3. The highest BCUT2D eigenvalue weighted by atomic mass is 16.5. The molecule has 0 saturated heterocycles. The van der Waals surface area contributed by atoms with Crippen molar-refractivity contribution in [1.29, 1.82) is 0 Å². The summed E-state index contributed by atoms with van der Waals surface area (Å²) in [5, 5.41) is 2.99. The van der Waals surface area contributed by atoms with E-state index in [1.165, 1.54) is 0 Å². The SMILES string of the molecule is COc1ccccc1Cn1c(C(=O)NCc2ccccc2)cc2occc21. The van der Waals surface area contributed by atoms with Crippen LogP contribution in [-0.4, -0.2) is 17.6 Å². The smallest absolute Gasteiger partial charge is 0.268 e. The van der Waals surface area contributed by atoms with E-state index in [-0.39, 0.29) is 5.91 Å². The number of hydrogen-bond donors (Lipinski definition) is 1. The maximum Gasteiger partial charge on any atom is 0.268 e. The van der Waals surface area contributed by atoms with E-state index in [9.17, 15) is 4.79 Å². The van der Waals surface area contributed by atoms with Crippen LogP contribution in [0.15, 0.2) is 77.4 Å². The molecule has 5 heteroatoms. The molecule has 4 aromatic rings. The van der Waals surface area contributed by atoms with Crippen molar-refractivity contribution < 1.29 is 13.9 Å². The Hall–Kier alpha value is -3.47. The molecule has 136 valence electrons. The van der Waals surface area contributed by atoms with Gasteiger partial charge in [-0.05, 0) is 11.6 Å². The number of methoxy groups -OCH3 is 1. The number of aromatic nitrogens is 1. The first kappa shape index (κ1) is 17.0. The lowest BCUT2D eigenvalue weighted by Gasteiger charge is -2.13. The topological polar surface area (TPSA) is 56.4 Å². The molecular formula is C22H20N2O3. The molecular weight excluding hydrogens is 340 g/mol. The first-order chi connectivity index (χ1) is 13.3. The Balaban J connectivity index is 1.64. The van der Waals surface area contributed by atoms with E-state index in [4.69, 9.17) is 9.15 Å². The first-order valence-electron chi connectivity index (χ1n) is 8.77. The molecule has 0 aliphatic heterocycles. The van der Waals surface area contributed by atoms with Crippen LogP contribution in [0.1, 0.15) is 21.6 Å². The lowest BCUT2D eigenvalue weighted by molar-refractivity contribution is 0.0942. The predicted octanol–water partition coefficient (Wildman–Crippen LogP) is 4.22. The highest BCUT2D eigenvalue weighted by Gasteiger charge is 2.18. The highest BCUT2D eigenvalue weighted by Crippen LogP contribution is 2.25. The minimum absolute atomic E-state index is 0.139. The number of furan rings is 1. The zero-order valence-corrected chi connectivity index (χ0v) is 15.0. The third-order valence-electron chi connectivity index (χ3n) is 4.57. The predicted molar refractivity (Wildman–Crippen MR) is 104 cm³/mol. The number of rotatable bonds is 6. The second kappa shape index (κ2) is 7.41. The van der Waals surface area contributed by atoms with E-state index in [0.29, 0.717) is 24.4 Å². The number of carbonyl (C=O) groups is 1. The van der Waals surface area contributed by atoms with E-state index < -0.39 is 0 Å². The Morgan fingerprint density at radius 3 is 2.67 bits per heavy atom. The second-order valence-electron chi connectivity index (χ2n) is 6.27. The third-order valence-corrected chi connectivity index (χ3v) is 4.57. The molecule has 0 aliphatic rings. The number of ether oxygens (including phenoxy) is 1. The van der Waals surface area contributed by atoms with Crippen LogP contribution in [0.25, 0.3) is 11.1 Å². The van der Waals surface area contributed by atoms with Gasteiger partial charge in [0.15, 0.2) is 5.58 Å². The number of fused-ring (bicyclic) bond motifs is 1. The number of amides is 1. The summed E-state index contributed by atoms with van der Waals surface area (Å²) in [6.45, 7) is 0.988. The van der Waals surface area contributed by atoms with Gasteiger partial charge in [-0.3, -0.25) is 4.79 Å². The van der Waals surface area contributed by atoms with Crippen molar-refractivity contribution in [2.24, 2.45) is 0 Å². The van der Waals surface area contributed by atoms with E-state index in [1.54, 1.807) is 19.4 Å². The van der Waals surface area contributed by atoms with Gasteiger partial charge in [-0.25, -0.2) is 0 Å². The van der Waals surface area contributed by atoms with Gasteiger partial charge in [-0.1, -0.05) is 48.5 Å². The van der Waals surface area contributed by atoms with Gasteiger partial charge >= 0.3 is 0 Å². The van der Waals surface area contributed by atoms with Gasteiger partial charge in [0.25, 0.3) is 5.91 Å². The Labute approximate surface area is 157 Å². The molecule has 0 fully saturated rings. The zero-order chi connectivity index (χ0) is 18.6. The Bertz CT molecular complexity index is 1060. The Morgan fingerprint density at radius 1 is 1.07 bits per heavy atom. The summed E-state index contributed by atoms with van der Waals surface area (Å²) in [7, 11) is 1.65. The van der Waals surface area contributed by atoms with Gasteiger partial charge in [0, 0.05) is 24.2 Å². The van der Waals surface area contributed by atoms with Crippen molar-refractivity contribution in [3.05, 3.63) is 89.8 Å². The zero-order valence-electron chi connectivity index (χ0n) is 15.0. The van der Waals surface area contributed by atoms with E-state index in [2.05, 4.69) is 5.32 Å². The normalized spacial score (nSPS) is 10.9. The van der Waals surface area contributed by atoms with Gasteiger partial charge in [0.2, 0.25) is 0 Å². The molecule has 2 aromatic heterocycles. The van der Waals surface area contributed by atoms with E-state index >= 15 is 0 Å². The maximum absolute atomic E-state index is 12.8. The van der Waals surface area contributed by atoms with Crippen LogP contribution in [0.2, 0.25) is 0 Å². The van der Waals surface area contributed by atoms with Crippen LogP contribution in [0.3, 0.4) is 0 Å². The van der Waals surface area contributed by atoms with E-state index in [1.807, 2.05) is 65.2 Å². The fraction of sp³-hybridized carbons (Fsp3) is 0.136. The summed E-state index contributed by atoms with van der Waals surface area (Å²) in [5.74, 6) is 0.652. The van der Waals surface area contributed by atoms with Crippen LogP contribution in [0.5, 0.6) is 5.75 Å². The summed E-state index contributed by atoms with van der Waals surface area (Å²) >= 11 is 0. The number of nitrogens with zero attached hydrogens (tertiary/aromatic N) is 1. The summed E-state index contributed by atoms with van der Waals surface area (Å²) in [6.07, 6.45) is 1.63. The minimum atomic E-state index is -0.139. The molecule has 0 bridgehead atoms. The Morgan fingerprint density at radius 2 is 1.85 bits per heavy atom. The number of nitrogens with one attached hydrogen (secondary N) is 1. The Kier molecular flexibility index (Phi) is 4.66. The van der Waals surface area contributed by atoms with Crippen LogP contribution in [0.4, 0.5) is 0 Å². The molecule has 0 unspecified atom stereocenters. The first-order valence-corrected chi connectivity index (χ1v) is 8.77. The molecule has 0 aliphatic carbocycles. The van der Waals surface area contributed by atoms with Gasteiger partial charge in [0.1, 0.15) is 11.4 Å². The quantitative estimate of drug-likeness (QED) is 0.560. The highest BCUT2D eigenvalue weighted by molar-refractivity contribution is 5.97.